The number of aromatic nitrogens is 2. The first-order valence-electron chi connectivity index (χ1n) is 8.10. The highest BCUT2D eigenvalue weighted by atomic mass is 15.3. The van der Waals surface area contributed by atoms with Gasteiger partial charge in [0, 0.05) is 25.0 Å². The third kappa shape index (κ3) is 2.80. The Bertz CT molecular complexity index is 452. The molecule has 1 unspecified atom stereocenters. The van der Waals surface area contributed by atoms with Crippen molar-refractivity contribution in [1.82, 2.24) is 9.97 Å². The van der Waals surface area contributed by atoms with Gasteiger partial charge < -0.3 is 10.6 Å². The zero-order valence-corrected chi connectivity index (χ0v) is 12.5. The first-order chi connectivity index (χ1) is 9.80. The molecule has 0 bridgehead atoms. The topological polar surface area (TPSA) is 55.0 Å². The zero-order valence-electron chi connectivity index (χ0n) is 12.5. The summed E-state index contributed by atoms with van der Waals surface area (Å²) in [5.41, 5.74) is 8.43. The highest BCUT2D eigenvalue weighted by Crippen LogP contribution is 2.28. The lowest BCUT2D eigenvalue weighted by atomic mass is 9.86. The van der Waals surface area contributed by atoms with Gasteiger partial charge in [-0.2, -0.15) is 0 Å². The lowest BCUT2D eigenvalue weighted by Crippen LogP contribution is -2.37. The minimum Gasteiger partial charge on any atom is -0.341 e. The van der Waals surface area contributed by atoms with Gasteiger partial charge in [0.1, 0.15) is 0 Å². The molecule has 0 aromatic carbocycles. The minimum atomic E-state index is 0.689. The smallest absolute Gasteiger partial charge is 0.225 e. The van der Waals surface area contributed by atoms with Crippen LogP contribution in [0.15, 0.2) is 6.20 Å². The second-order valence-corrected chi connectivity index (χ2v) is 6.33. The molecule has 1 aliphatic heterocycles. The molecule has 1 aromatic heterocycles. The highest BCUT2D eigenvalue weighted by Gasteiger charge is 2.23. The van der Waals surface area contributed by atoms with E-state index in [0.717, 1.165) is 37.9 Å². The van der Waals surface area contributed by atoms with Crippen molar-refractivity contribution in [3.05, 3.63) is 17.5 Å². The first-order valence-corrected chi connectivity index (χ1v) is 8.10. The van der Waals surface area contributed by atoms with Crippen molar-refractivity contribution in [2.45, 2.75) is 45.4 Å². The van der Waals surface area contributed by atoms with Crippen molar-refractivity contribution in [2.24, 2.45) is 17.6 Å². The SMILES string of the molecule is CCC1CCc2nc(N3CCC(CN)CC3)ncc2C1. The molecule has 1 fully saturated rings. The van der Waals surface area contributed by atoms with Crippen molar-refractivity contribution in [3.8, 4) is 0 Å². The van der Waals surface area contributed by atoms with E-state index in [1.165, 1.54) is 43.4 Å². The number of nitrogens with two attached hydrogens (primary N) is 1. The van der Waals surface area contributed by atoms with Gasteiger partial charge in [0.15, 0.2) is 0 Å². The Morgan fingerprint density at radius 3 is 2.75 bits per heavy atom. The van der Waals surface area contributed by atoms with Crippen LogP contribution in [-0.4, -0.2) is 29.6 Å². The van der Waals surface area contributed by atoms with Crippen molar-refractivity contribution in [1.29, 1.82) is 0 Å². The Morgan fingerprint density at radius 1 is 1.25 bits per heavy atom. The van der Waals surface area contributed by atoms with E-state index in [-0.39, 0.29) is 0 Å². The molecule has 4 heteroatoms. The lowest BCUT2D eigenvalue weighted by Gasteiger charge is -2.32. The summed E-state index contributed by atoms with van der Waals surface area (Å²) in [5.74, 6) is 2.46. The fraction of sp³-hybridized carbons (Fsp3) is 0.750. The van der Waals surface area contributed by atoms with Crippen LogP contribution in [0.4, 0.5) is 5.95 Å². The van der Waals surface area contributed by atoms with Gasteiger partial charge in [-0.15, -0.1) is 0 Å². The fourth-order valence-corrected chi connectivity index (χ4v) is 3.44. The maximum atomic E-state index is 5.75. The number of hydrogen-bond donors (Lipinski definition) is 1. The predicted octanol–water partition coefficient (Wildman–Crippen LogP) is 2.17. The van der Waals surface area contributed by atoms with Gasteiger partial charge >= 0.3 is 0 Å². The van der Waals surface area contributed by atoms with E-state index in [1.54, 1.807) is 0 Å². The quantitative estimate of drug-likeness (QED) is 0.918. The molecule has 0 radical (unpaired) electrons. The number of aryl methyl sites for hydroxylation is 1. The molecule has 2 heterocycles. The molecule has 2 N–H and O–H groups in total. The highest BCUT2D eigenvalue weighted by molar-refractivity contribution is 5.35. The second-order valence-electron chi connectivity index (χ2n) is 6.33. The molecule has 1 aromatic rings. The third-order valence-corrected chi connectivity index (χ3v) is 5.05. The number of hydrogen-bond acceptors (Lipinski definition) is 4. The molecule has 2 aliphatic rings. The summed E-state index contributed by atoms with van der Waals surface area (Å²) >= 11 is 0. The largest absolute Gasteiger partial charge is 0.341 e. The number of nitrogens with zero attached hydrogens (tertiary/aromatic N) is 3. The second kappa shape index (κ2) is 6.08. The molecule has 3 rings (SSSR count). The summed E-state index contributed by atoms with van der Waals surface area (Å²) in [6, 6.07) is 0. The maximum Gasteiger partial charge on any atom is 0.225 e. The summed E-state index contributed by atoms with van der Waals surface area (Å²) < 4.78 is 0. The van der Waals surface area contributed by atoms with Crippen LogP contribution in [0.5, 0.6) is 0 Å². The molecule has 0 saturated carbocycles. The van der Waals surface area contributed by atoms with E-state index in [2.05, 4.69) is 23.0 Å². The van der Waals surface area contributed by atoms with E-state index >= 15 is 0 Å². The van der Waals surface area contributed by atoms with Crippen molar-refractivity contribution in [3.63, 3.8) is 0 Å². The Kier molecular flexibility index (Phi) is 4.20. The van der Waals surface area contributed by atoms with Crippen LogP contribution in [0.25, 0.3) is 0 Å². The number of anilines is 1. The Morgan fingerprint density at radius 2 is 2.05 bits per heavy atom. The minimum absolute atomic E-state index is 0.689. The Labute approximate surface area is 121 Å². The molecule has 1 aliphatic carbocycles. The molecule has 0 amide bonds. The predicted molar refractivity (Wildman–Crippen MR) is 81.8 cm³/mol. The van der Waals surface area contributed by atoms with Gasteiger partial charge in [-0.1, -0.05) is 13.3 Å². The van der Waals surface area contributed by atoms with E-state index in [9.17, 15) is 0 Å². The summed E-state index contributed by atoms with van der Waals surface area (Å²) in [6.45, 7) is 5.21. The lowest BCUT2D eigenvalue weighted by molar-refractivity contribution is 0.409. The summed E-state index contributed by atoms with van der Waals surface area (Å²) in [6.07, 6.45) is 9.28. The molecule has 20 heavy (non-hydrogen) atoms. The number of rotatable bonds is 3. The summed E-state index contributed by atoms with van der Waals surface area (Å²) in [4.78, 5) is 11.8. The van der Waals surface area contributed by atoms with E-state index in [0.29, 0.717) is 5.92 Å². The van der Waals surface area contributed by atoms with E-state index in [4.69, 9.17) is 10.7 Å². The summed E-state index contributed by atoms with van der Waals surface area (Å²) in [5, 5.41) is 0. The van der Waals surface area contributed by atoms with E-state index < -0.39 is 0 Å². The number of fused-ring (bicyclic) bond motifs is 1. The van der Waals surface area contributed by atoms with Crippen LogP contribution < -0.4 is 10.6 Å². The molecule has 1 saturated heterocycles. The van der Waals surface area contributed by atoms with Crippen LogP contribution >= 0.6 is 0 Å². The van der Waals surface area contributed by atoms with Gasteiger partial charge in [-0.3, -0.25) is 0 Å². The molecule has 4 nitrogen and oxygen atoms in total. The normalized spacial score (nSPS) is 23.7. The molecule has 110 valence electrons. The van der Waals surface area contributed by atoms with Gasteiger partial charge in [-0.25, -0.2) is 9.97 Å². The van der Waals surface area contributed by atoms with Gasteiger partial charge in [0.25, 0.3) is 0 Å². The standard InChI is InChI=1S/C16H26N4/c1-2-12-3-4-15-14(9-12)11-18-16(19-15)20-7-5-13(10-17)6-8-20/h11-13H,2-10,17H2,1H3. The average Bonchev–Trinajstić information content (AvgIpc) is 2.54. The van der Waals surface area contributed by atoms with Crippen LogP contribution in [-0.2, 0) is 12.8 Å². The van der Waals surface area contributed by atoms with Crippen LogP contribution in [0.3, 0.4) is 0 Å². The van der Waals surface area contributed by atoms with E-state index in [1.807, 2.05) is 0 Å². The molecule has 0 spiro atoms. The number of piperidine rings is 1. The van der Waals surface area contributed by atoms with Crippen LogP contribution in [0.2, 0.25) is 0 Å². The maximum absolute atomic E-state index is 5.75. The van der Waals surface area contributed by atoms with Crippen molar-refractivity contribution >= 4 is 5.95 Å². The molecular weight excluding hydrogens is 248 g/mol. The first kappa shape index (κ1) is 13.8. The van der Waals surface area contributed by atoms with Gasteiger partial charge in [-0.05, 0) is 56.0 Å². The van der Waals surface area contributed by atoms with Crippen LogP contribution in [0, 0.1) is 11.8 Å². The Hall–Kier alpha value is -1.16. The van der Waals surface area contributed by atoms with Gasteiger partial charge in [0.2, 0.25) is 5.95 Å². The van der Waals surface area contributed by atoms with Crippen molar-refractivity contribution in [2.75, 3.05) is 24.5 Å². The Balaban J connectivity index is 1.70. The van der Waals surface area contributed by atoms with Crippen LogP contribution in [0.1, 0.15) is 43.9 Å². The summed E-state index contributed by atoms with van der Waals surface area (Å²) in [7, 11) is 0. The third-order valence-electron chi connectivity index (χ3n) is 5.05. The fourth-order valence-electron chi connectivity index (χ4n) is 3.44. The monoisotopic (exact) mass is 274 g/mol. The zero-order chi connectivity index (χ0) is 13.9. The molecular formula is C16H26N4. The average molecular weight is 274 g/mol. The van der Waals surface area contributed by atoms with Gasteiger partial charge in [0.05, 0.1) is 0 Å². The van der Waals surface area contributed by atoms with Crippen molar-refractivity contribution < 1.29 is 0 Å². The molecule has 1 atom stereocenters.